The van der Waals surface area contributed by atoms with Gasteiger partial charge in [-0.2, -0.15) is 0 Å². The Bertz CT molecular complexity index is 347. The molecular weight excluding hydrogens is 427 g/mol. The lowest BCUT2D eigenvalue weighted by Gasteiger charge is -2.33. The van der Waals surface area contributed by atoms with Crippen molar-refractivity contribution in [2.75, 3.05) is 39.4 Å². The highest BCUT2D eigenvalue weighted by Crippen LogP contribution is 2.10. The highest BCUT2D eigenvalue weighted by Gasteiger charge is 2.34. The van der Waals surface area contributed by atoms with Crippen molar-refractivity contribution in [3.05, 3.63) is 0 Å². The number of aliphatic hydroxyl groups is 10. The van der Waals surface area contributed by atoms with Gasteiger partial charge in [0.25, 0.3) is 0 Å². The van der Waals surface area contributed by atoms with Crippen LogP contribution in [0.1, 0.15) is 0 Å². The van der Waals surface area contributed by atoms with E-state index in [0.29, 0.717) is 0 Å². The lowest BCUT2D eigenvalue weighted by atomic mass is 10.0. The van der Waals surface area contributed by atoms with Crippen LogP contribution in [0.4, 0.5) is 0 Å². The molecule has 0 spiro atoms. The summed E-state index contributed by atoms with van der Waals surface area (Å²) in [6.45, 7) is -2.12. The topological polar surface area (TPSA) is 232 Å². The molecule has 0 fully saturated rings. The van der Waals surface area contributed by atoms with Crippen molar-refractivity contribution in [3.8, 4) is 0 Å². The molecule has 14 heteroatoms. The van der Waals surface area contributed by atoms with Crippen LogP contribution in [0.2, 0.25) is 0 Å². The van der Waals surface area contributed by atoms with Crippen LogP contribution in [0.15, 0.2) is 0 Å². The Kier molecular flexibility index (Phi) is 19.7. The molecule has 0 saturated carbocycles. The van der Waals surface area contributed by atoms with Gasteiger partial charge in [0, 0.05) is 26.2 Å². The lowest BCUT2D eigenvalue weighted by Crippen LogP contribution is -2.53. The highest BCUT2D eigenvalue weighted by molar-refractivity contribution is 5.85. The van der Waals surface area contributed by atoms with Crippen LogP contribution in [-0.2, 0) is 0 Å². The summed E-state index contributed by atoms with van der Waals surface area (Å²) < 4.78 is 0. The van der Waals surface area contributed by atoms with E-state index in [1.54, 1.807) is 0 Å². The Hall–Kier alpha value is 0.100. The summed E-state index contributed by atoms with van der Waals surface area (Å²) >= 11 is 0. The van der Waals surface area contributed by atoms with Crippen LogP contribution in [0.5, 0.6) is 0 Å². The zero-order valence-electron chi connectivity index (χ0n) is 15.2. The molecule has 12 nitrogen and oxygen atoms in total. The fourth-order valence-electron chi connectivity index (χ4n) is 2.31. The third-order valence-electron chi connectivity index (χ3n) is 3.99. The average Bonchev–Trinajstić information content (AvgIpc) is 2.63. The maximum atomic E-state index is 9.96. The number of hydrogen-bond acceptors (Lipinski definition) is 12. The van der Waals surface area contributed by atoms with E-state index >= 15 is 0 Å². The fourth-order valence-corrected chi connectivity index (χ4v) is 2.31. The van der Waals surface area contributed by atoms with Gasteiger partial charge in [-0.25, -0.2) is 0 Å². The quantitative estimate of drug-likeness (QED) is 0.116. The predicted octanol–water partition coefficient (Wildman–Crippen LogP) is -6.04. The largest absolute Gasteiger partial charge is 0.394 e. The second-order valence-electron chi connectivity index (χ2n) is 6.15. The molecule has 0 aliphatic rings. The summed E-state index contributed by atoms with van der Waals surface area (Å²) in [6.07, 6.45) is -13.7. The van der Waals surface area contributed by atoms with Crippen LogP contribution in [0.3, 0.4) is 0 Å². The highest BCUT2D eigenvalue weighted by atomic mass is 35.5. The zero-order valence-corrected chi connectivity index (χ0v) is 16.8. The molecule has 0 saturated heterocycles. The van der Waals surface area contributed by atoms with Gasteiger partial charge < -0.3 is 56.8 Å². The number of halogens is 2. The number of nitrogens with zero attached hydrogens (tertiary/aromatic N) is 1. The molecular formula is C14H34Cl2N2O10. The minimum absolute atomic E-state index is 0. The van der Waals surface area contributed by atoms with Crippen molar-refractivity contribution >= 4 is 24.8 Å². The minimum atomic E-state index is -1.81. The van der Waals surface area contributed by atoms with Gasteiger partial charge in [-0.1, -0.05) is 0 Å². The second kappa shape index (κ2) is 16.8. The second-order valence-corrected chi connectivity index (χ2v) is 6.15. The Morgan fingerprint density at radius 2 is 0.857 bits per heavy atom. The molecule has 0 bridgehead atoms. The molecule has 0 radical (unpaired) electrons. The Labute approximate surface area is 175 Å². The Morgan fingerprint density at radius 1 is 0.571 bits per heavy atom. The molecule has 12 N–H and O–H groups in total. The normalized spacial score (nSPS) is 20.1. The fraction of sp³-hybridized carbons (Fsp3) is 1.00. The SMILES string of the molecule is Cl.Cl.NCCN(C[C@H](O)[C@@H](O)[C@H](O)[C@H](O)CO)C[C@H](O)[C@@H](O)[C@H](O)[C@H](O)CO. The Balaban J connectivity index is -0.00000312. The van der Waals surface area contributed by atoms with E-state index in [1.807, 2.05) is 0 Å². The molecule has 0 aromatic rings. The van der Waals surface area contributed by atoms with E-state index in [9.17, 15) is 40.9 Å². The van der Waals surface area contributed by atoms with E-state index in [-0.39, 0.29) is 51.0 Å². The van der Waals surface area contributed by atoms with E-state index in [0.717, 1.165) is 0 Å². The van der Waals surface area contributed by atoms with Crippen molar-refractivity contribution in [1.29, 1.82) is 0 Å². The molecule has 0 aliphatic heterocycles. The van der Waals surface area contributed by atoms with Crippen LogP contribution in [0.25, 0.3) is 0 Å². The van der Waals surface area contributed by atoms with Gasteiger partial charge in [0.15, 0.2) is 0 Å². The van der Waals surface area contributed by atoms with Gasteiger partial charge in [0.1, 0.15) is 36.6 Å². The van der Waals surface area contributed by atoms with E-state index < -0.39 is 62.0 Å². The molecule has 174 valence electrons. The molecule has 0 aliphatic carbocycles. The molecule has 0 rings (SSSR count). The van der Waals surface area contributed by atoms with Crippen molar-refractivity contribution in [2.45, 2.75) is 48.8 Å². The van der Waals surface area contributed by atoms with Gasteiger partial charge in [-0.3, -0.25) is 4.90 Å². The smallest absolute Gasteiger partial charge is 0.111 e. The van der Waals surface area contributed by atoms with E-state index in [1.165, 1.54) is 4.90 Å². The number of hydrogen-bond donors (Lipinski definition) is 11. The molecule has 28 heavy (non-hydrogen) atoms. The molecule has 0 unspecified atom stereocenters. The molecule has 0 heterocycles. The summed E-state index contributed by atoms with van der Waals surface area (Å²) in [5.41, 5.74) is 5.42. The van der Waals surface area contributed by atoms with Crippen LogP contribution >= 0.6 is 24.8 Å². The van der Waals surface area contributed by atoms with Gasteiger partial charge in [-0.05, 0) is 0 Å². The third kappa shape index (κ3) is 10.8. The predicted molar refractivity (Wildman–Crippen MR) is 102 cm³/mol. The van der Waals surface area contributed by atoms with Crippen molar-refractivity contribution in [3.63, 3.8) is 0 Å². The average molecular weight is 461 g/mol. The van der Waals surface area contributed by atoms with E-state index in [2.05, 4.69) is 0 Å². The summed E-state index contributed by atoms with van der Waals surface area (Å²) in [6, 6.07) is 0. The van der Waals surface area contributed by atoms with Gasteiger partial charge >= 0.3 is 0 Å². The Morgan fingerprint density at radius 3 is 1.11 bits per heavy atom. The van der Waals surface area contributed by atoms with Crippen molar-refractivity contribution < 1.29 is 51.1 Å². The summed E-state index contributed by atoms with van der Waals surface area (Å²) in [7, 11) is 0. The van der Waals surface area contributed by atoms with Crippen molar-refractivity contribution in [2.24, 2.45) is 5.73 Å². The van der Waals surface area contributed by atoms with Gasteiger partial charge in [0.2, 0.25) is 0 Å². The van der Waals surface area contributed by atoms with Crippen LogP contribution < -0.4 is 5.73 Å². The number of aliphatic hydroxyl groups excluding tert-OH is 10. The molecule has 8 atom stereocenters. The summed E-state index contributed by atoms with van der Waals surface area (Å²) in [4.78, 5) is 1.32. The maximum absolute atomic E-state index is 9.96. The van der Waals surface area contributed by atoms with E-state index in [4.69, 9.17) is 15.9 Å². The van der Waals surface area contributed by atoms with Gasteiger partial charge in [0.05, 0.1) is 25.4 Å². The lowest BCUT2D eigenvalue weighted by molar-refractivity contribution is -0.130. The molecule has 0 aromatic carbocycles. The third-order valence-corrected chi connectivity index (χ3v) is 3.99. The van der Waals surface area contributed by atoms with Crippen LogP contribution in [-0.4, -0.2) is 144 Å². The molecule has 0 aromatic heterocycles. The number of nitrogens with two attached hydrogens (primary N) is 1. The van der Waals surface area contributed by atoms with Gasteiger partial charge in [-0.15, -0.1) is 24.8 Å². The number of rotatable bonds is 14. The zero-order chi connectivity index (χ0) is 20.4. The minimum Gasteiger partial charge on any atom is -0.394 e. The summed E-state index contributed by atoms with van der Waals surface area (Å²) in [5, 5.41) is 94.8. The first kappa shape index (κ1) is 32.8. The first-order valence-corrected chi connectivity index (χ1v) is 8.19. The standard InChI is InChI=1S/C14H32N2O10.2ClH/c15-1-2-16(3-7(19)11(23)13(25)9(21)5-17)4-8(20)12(24)14(26)10(22)6-18;;/h7-14,17-26H,1-6,15H2;2*1H/t7-,8-,9+,10+,11+,12+,13+,14+;;/m0../s1. The first-order valence-electron chi connectivity index (χ1n) is 8.19. The monoisotopic (exact) mass is 460 g/mol. The van der Waals surface area contributed by atoms with Crippen LogP contribution in [0, 0.1) is 0 Å². The maximum Gasteiger partial charge on any atom is 0.111 e. The summed E-state index contributed by atoms with van der Waals surface area (Å²) in [5.74, 6) is 0. The van der Waals surface area contributed by atoms with Crippen molar-refractivity contribution in [1.82, 2.24) is 4.90 Å². The first-order chi connectivity index (χ1) is 12.1. The molecule has 0 amide bonds.